The molecule has 31 heavy (non-hydrogen) atoms. The lowest BCUT2D eigenvalue weighted by Crippen LogP contribution is -2.50. The molecule has 0 bridgehead atoms. The van der Waals surface area contributed by atoms with Gasteiger partial charge in [0.25, 0.3) is 0 Å². The zero-order valence-corrected chi connectivity index (χ0v) is 18.4. The van der Waals surface area contributed by atoms with Gasteiger partial charge in [-0.2, -0.15) is 0 Å². The summed E-state index contributed by atoms with van der Waals surface area (Å²) in [6.45, 7) is 3.33. The van der Waals surface area contributed by atoms with Crippen LogP contribution in [0, 0.1) is 0 Å². The van der Waals surface area contributed by atoms with Gasteiger partial charge in [0.2, 0.25) is 5.91 Å². The second-order valence-corrected chi connectivity index (χ2v) is 9.41. The molecule has 0 atom stereocenters. The molecule has 2 aliphatic rings. The van der Waals surface area contributed by atoms with E-state index in [0.29, 0.717) is 6.42 Å². The Balaban J connectivity index is 1.28. The summed E-state index contributed by atoms with van der Waals surface area (Å²) in [5.41, 5.74) is 1.79. The highest BCUT2D eigenvalue weighted by Gasteiger charge is 2.40. The van der Waals surface area contributed by atoms with Crippen molar-refractivity contribution in [1.82, 2.24) is 9.88 Å². The summed E-state index contributed by atoms with van der Waals surface area (Å²) in [6.07, 6.45) is 4.80. The zero-order chi connectivity index (χ0) is 21.1. The molecular formula is C25H27N3O2S. The maximum Gasteiger partial charge on any atom is 0.228 e. The molecule has 0 N–H and O–H groups in total. The molecule has 160 valence electrons. The van der Waals surface area contributed by atoms with E-state index in [1.165, 1.54) is 10.6 Å². The first-order valence-corrected chi connectivity index (χ1v) is 11.8. The molecule has 4 heterocycles. The smallest absolute Gasteiger partial charge is 0.228 e. The first-order valence-electron chi connectivity index (χ1n) is 10.9. The van der Waals surface area contributed by atoms with E-state index >= 15 is 0 Å². The van der Waals surface area contributed by atoms with E-state index in [1.54, 1.807) is 17.5 Å². The van der Waals surface area contributed by atoms with E-state index in [2.05, 4.69) is 45.6 Å². The number of likely N-dealkylation sites (tertiary alicyclic amines) is 1. The Morgan fingerprint density at radius 2 is 1.81 bits per heavy atom. The van der Waals surface area contributed by atoms with Crippen LogP contribution < -0.4 is 9.64 Å². The summed E-state index contributed by atoms with van der Waals surface area (Å²) in [6, 6.07) is 18.4. The van der Waals surface area contributed by atoms with Gasteiger partial charge in [0, 0.05) is 55.7 Å². The predicted molar refractivity (Wildman–Crippen MR) is 124 cm³/mol. The number of aromatic nitrogens is 1. The molecule has 1 fully saturated rings. The van der Waals surface area contributed by atoms with Gasteiger partial charge in [-0.15, -0.1) is 11.3 Å². The van der Waals surface area contributed by atoms with Crippen molar-refractivity contribution in [2.75, 3.05) is 24.5 Å². The van der Waals surface area contributed by atoms with E-state index in [-0.39, 0.29) is 11.5 Å². The number of anilines is 1. The molecule has 3 aromatic rings. The number of piperidine rings is 1. The first-order chi connectivity index (χ1) is 15.2. The Labute approximate surface area is 187 Å². The lowest BCUT2D eigenvalue weighted by Gasteiger charge is -2.41. The summed E-state index contributed by atoms with van der Waals surface area (Å²) >= 11 is 1.80. The minimum Gasteiger partial charge on any atom is -0.485 e. The van der Waals surface area contributed by atoms with Crippen LogP contribution in [0.5, 0.6) is 5.75 Å². The van der Waals surface area contributed by atoms with Crippen LogP contribution in [0.3, 0.4) is 0 Å². The average molecular weight is 434 g/mol. The van der Waals surface area contributed by atoms with Gasteiger partial charge in [-0.1, -0.05) is 24.3 Å². The molecule has 1 aromatic carbocycles. The number of ether oxygens (including phenoxy) is 1. The SMILES string of the molecule is O=C(Cc1ccccn1)N1CCC2(CC1)CCN(Cc1cccs1)c1ccccc1O2. The van der Waals surface area contributed by atoms with Gasteiger partial charge < -0.3 is 14.5 Å². The van der Waals surface area contributed by atoms with Crippen LogP contribution in [-0.4, -0.2) is 41.0 Å². The van der Waals surface area contributed by atoms with Gasteiger partial charge in [0.15, 0.2) is 0 Å². The number of rotatable bonds is 4. The van der Waals surface area contributed by atoms with E-state index in [1.807, 2.05) is 29.2 Å². The van der Waals surface area contributed by atoms with Gasteiger partial charge in [0.1, 0.15) is 11.4 Å². The average Bonchev–Trinajstić information content (AvgIpc) is 3.26. The fraction of sp³-hybridized carbons (Fsp3) is 0.360. The third-order valence-electron chi connectivity index (χ3n) is 6.38. The molecule has 0 saturated carbocycles. The number of thiophene rings is 1. The normalized spacial score (nSPS) is 17.7. The van der Waals surface area contributed by atoms with Crippen LogP contribution in [0.4, 0.5) is 5.69 Å². The molecule has 1 amide bonds. The van der Waals surface area contributed by atoms with E-state index < -0.39 is 0 Å². The summed E-state index contributed by atoms with van der Waals surface area (Å²) in [4.78, 5) is 22.8. The Hall–Kier alpha value is -2.86. The van der Waals surface area contributed by atoms with Crippen molar-refractivity contribution in [2.45, 2.75) is 37.8 Å². The number of carbonyl (C=O) groups excluding carboxylic acids is 1. The Morgan fingerprint density at radius 3 is 2.58 bits per heavy atom. The molecule has 6 heteroatoms. The van der Waals surface area contributed by atoms with E-state index in [4.69, 9.17) is 4.74 Å². The Morgan fingerprint density at radius 1 is 1.00 bits per heavy atom. The minimum absolute atomic E-state index is 0.155. The van der Waals surface area contributed by atoms with Crippen LogP contribution in [0.2, 0.25) is 0 Å². The molecule has 1 saturated heterocycles. The van der Waals surface area contributed by atoms with Gasteiger partial charge in [-0.3, -0.25) is 9.78 Å². The lowest BCUT2D eigenvalue weighted by atomic mass is 9.87. The summed E-state index contributed by atoms with van der Waals surface area (Å²) in [5, 5.41) is 2.13. The molecule has 5 rings (SSSR count). The zero-order valence-electron chi connectivity index (χ0n) is 17.6. The molecule has 2 aliphatic heterocycles. The second kappa shape index (κ2) is 8.71. The molecule has 2 aromatic heterocycles. The number of hydrogen-bond acceptors (Lipinski definition) is 5. The van der Waals surface area contributed by atoms with Crippen LogP contribution in [-0.2, 0) is 17.8 Å². The third-order valence-corrected chi connectivity index (χ3v) is 7.24. The van der Waals surface area contributed by atoms with Gasteiger partial charge >= 0.3 is 0 Å². The van der Waals surface area contributed by atoms with Crippen molar-refractivity contribution in [2.24, 2.45) is 0 Å². The largest absolute Gasteiger partial charge is 0.485 e. The molecule has 0 radical (unpaired) electrons. The second-order valence-electron chi connectivity index (χ2n) is 8.38. The number of pyridine rings is 1. The quantitative estimate of drug-likeness (QED) is 0.606. The molecule has 5 nitrogen and oxygen atoms in total. The summed E-state index contributed by atoms with van der Waals surface area (Å²) in [7, 11) is 0. The number of benzene rings is 1. The summed E-state index contributed by atoms with van der Waals surface area (Å²) < 4.78 is 6.69. The highest BCUT2D eigenvalue weighted by Crippen LogP contribution is 2.41. The minimum atomic E-state index is -0.206. The van der Waals surface area contributed by atoms with Crippen LogP contribution >= 0.6 is 11.3 Å². The Kier molecular flexibility index (Phi) is 5.64. The van der Waals surface area contributed by atoms with E-state index in [0.717, 1.165) is 56.9 Å². The maximum atomic E-state index is 12.8. The van der Waals surface area contributed by atoms with Crippen molar-refractivity contribution in [3.05, 3.63) is 76.7 Å². The molecule has 0 unspecified atom stereocenters. The number of amides is 1. The lowest BCUT2D eigenvalue weighted by molar-refractivity contribution is -0.134. The van der Waals surface area contributed by atoms with E-state index in [9.17, 15) is 4.79 Å². The van der Waals surface area contributed by atoms with Crippen LogP contribution in [0.15, 0.2) is 66.2 Å². The predicted octanol–water partition coefficient (Wildman–Crippen LogP) is 4.54. The van der Waals surface area contributed by atoms with Crippen molar-refractivity contribution in [3.8, 4) is 5.75 Å². The van der Waals surface area contributed by atoms with Gasteiger partial charge in [0.05, 0.1) is 18.7 Å². The van der Waals surface area contributed by atoms with Crippen molar-refractivity contribution in [1.29, 1.82) is 0 Å². The summed E-state index contributed by atoms with van der Waals surface area (Å²) in [5.74, 6) is 1.12. The molecule has 0 aliphatic carbocycles. The van der Waals surface area contributed by atoms with Crippen LogP contribution in [0.1, 0.15) is 29.8 Å². The van der Waals surface area contributed by atoms with Crippen LogP contribution in [0.25, 0.3) is 0 Å². The highest BCUT2D eigenvalue weighted by atomic mass is 32.1. The number of hydrogen-bond donors (Lipinski definition) is 0. The number of fused-ring (bicyclic) bond motifs is 1. The van der Waals surface area contributed by atoms with Crippen molar-refractivity contribution < 1.29 is 9.53 Å². The standard InChI is InChI=1S/C25H27N3O2S/c29-24(18-20-6-3-4-13-26-20)27-14-10-25(11-15-27)12-16-28(19-21-7-5-17-31-21)22-8-1-2-9-23(22)30-25/h1-9,13,17H,10-12,14-16,18-19H2. The maximum absolute atomic E-state index is 12.8. The monoisotopic (exact) mass is 433 g/mol. The fourth-order valence-electron chi connectivity index (χ4n) is 4.59. The topological polar surface area (TPSA) is 45.7 Å². The van der Waals surface area contributed by atoms with Crippen molar-refractivity contribution >= 4 is 22.9 Å². The fourth-order valence-corrected chi connectivity index (χ4v) is 5.31. The van der Waals surface area contributed by atoms with Crippen molar-refractivity contribution in [3.63, 3.8) is 0 Å². The number of para-hydroxylation sites is 2. The Bertz CT molecular complexity index is 1010. The van der Waals surface area contributed by atoms with Gasteiger partial charge in [-0.25, -0.2) is 0 Å². The number of carbonyl (C=O) groups is 1. The van der Waals surface area contributed by atoms with Gasteiger partial charge in [-0.05, 0) is 35.7 Å². The highest BCUT2D eigenvalue weighted by molar-refractivity contribution is 7.09. The third kappa shape index (κ3) is 4.44. The molecular weight excluding hydrogens is 406 g/mol. The number of nitrogens with zero attached hydrogens (tertiary/aromatic N) is 3. The molecule has 1 spiro atoms. The first kappa shape index (κ1) is 20.1.